The number of piperidine rings is 3. The molecule has 0 spiro atoms. The number of nitrogens with zero attached hydrogens (tertiary/aromatic N) is 3. The number of carbonyl (C=O) groups excluding carboxylic acids is 1. The zero-order valence-corrected chi connectivity index (χ0v) is 13.6. The van der Waals surface area contributed by atoms with Gasteiger partial charge in [0.25, 0.3) is 5.91 Å². The van der Waals surface area contributed by atoms with Gasteiger partial charge in [-0.05, 0) is 61.6 Å². The normalized spacial score (nSPS) is 32.4. The summed E-state index contributed by atoms with van der Waals surface area (Å²) in [4.78, 5) is 15.1. The number of aryl methyl sites for hydroxylation is 1. The number of fused-ring (bicyclic) bond motifs is 3. The van der Waals surface area contributed by atoms with Crippen molar-refractivity contribution in [2.24, 2.45) is 5.92 Å². The Morgan fingerprint density at radius 2 is 2.25 bits per heavy atom. The first-order valence-electron chi connectivity index (χ1n) is 7.29. The minimum atomic E-state index is -0.115. The van der Waals surface area contributed by atoms with Gasteiger partial charge >= 0.3 is 0 Å². The third-order valence-electron chi connectivity index (χ3n) is 4.75. The maximum Gasteiger partial charge on any atom is 0.271 e. The topological polar surface area (TPSA) is 50.2 Å². The average molecular weight is 341 g/mol. The molecule has 2 bridgehead atoms. The molecule has 110 valence electrons. The molecule has 3 aliphatic rings. The van der Waals surface area contributed by atoms with Gasteiger partial charge in [0.15, 0.2) is 0 Å². The molecule has 1 unspecified atom stereocenters. The third kappa shape index (κ3) is 2.29. The van der Waals surface area contributed by atoms with E-state index in [1.165, 1.54) is 25.9 Å². The summed E-state index contributed by atoms with van der Waals surface area (Å²) in [5, 5.41) is 7.49. The second-order valence-corrected chi connectivity index (χ2v) is 6.93. The van der Waals surface area contributed by atoms with E-state index in [1.807, 2.05) is 6.92 Å². The SMILES string of the molecule is CCn1ncc(Br)c1C(=O)NC1(C)CN2CCC1CC2. The monoisotopic (exact) mass is 340 g/mol. The number of hydrogen-bond donors (Lipinski definition) is 1. The lowest BCUT2D eigenvalue weighted by atomic mass is 9.74. The van der Waals surface area contributed by atoms with Crippen LogP contribution in [0.25, 0.3) is 0 Å². The van der Waals surface area contributed by atoms with Crippen LogP contribution in [0, 0.1) is 5.92 Å². The zero-order valence-electron chi connectivity index (χ0n) is 12.0. The molecule has 0 saturated carbocycles. The van der Waals surface area contributed by atoms with Gasteiger partial charge in [0.2, 0.25) is 0 Å². The molecular weight excluding hydrogens is 320 g/mol. The Morgan fingerprint density at radius 1 is 1.55 bits per heavy atom. The molecular formula is C14H21BrN4O. The number of carbonyl (C=O) groups is 1. The number of hydrogen-bond acceptors (Lipinski definition) is 3. The van der Waals surface area contributed by atoms with Gasteiger partial charge in [-0.15, -0.1) is 0 Å². The number of halogens is 1. The highest BCUT2D eigenvalue weighted by molar-refractivity contribution is 9.10. The Hall–Kier alpha value is -0.880. The van der Waals surface area contributed by atoms with E-state index in [0.717, 1.165) is 11.0 Å². The fraction of sp³-hybridized carbons (Fsp3) is 0.714. The quantitative estimate of drug-likeness (QED) is 0.913. The molecule has 0 radical (unpaired) electrons. The van der Waals surface area contributed by atoms with Crippen molar-refractivity contribution in [1.29, 1.82) is 0 Å². The zero-order chi connectivity index (χ0) is 14.3. The van der Waals surface area contributed by atoms with Crippen molar-refractivity contribution in [2.75, 3.05) is 19.6 Å². The highest BCUT2D eigenvalue weighted by atomic mass is 79.9. The van der Waals surface area contributed by atoms with Gasteiger partial charge in [-0.1, -0.05) is 0 Å². The first-order valence-corrected chi connectivity index (χ1v) is 8.09. The average Bonchev–Trinajstić information content (AvgIpc) is 2.80. The minimum absolute atomic E-state index is 0.0209. The Kier molecular flexibility index (Phi) is 3.62. The lowest BCUT2D eigenvalue weighted by molar-refractivity contribution is 0.0164. The second kappa shape index (κ2) is 5.15. The van der Waals surface area contributed by atoms with Crippen molar-refractivity contribution < 1.29 is 4.79 Å². The summed E-state index contributed by atoms with van der Waals surface area (Å²) in [5.41, 5.74) is 0.515. The second-order valence-electron chi connectivity index (χ2n) is 6.08. The predicted octanol–water partition coefficient (Wildman–Crippen LogP) is 1.88. The molecule has 1 aromatic heterocycles. The summed E-state index contributed by atoms with van der Waals surface area (Å²) >= 11 is 3.43. The number of amides is 1. The van der Waals surface area contributed by atoms with Crippen molar-refractivity contribution >= 4 is 21.8 Å². The van der Waals surface area contributed by atoms with Crippen LogP contribution in [-0.4, -0.2) is 45.8 Å². The molecule has 0 aromatic carbocycles. The van der Waals surface area contributed by atoms with Crippen LogP contribution in [0.3, 0.4) is 0 Å². The van der Waals surface area contributed by atoms with Crippen molar-refractivity contribution in [1.82, 2.24) is 20.0 Å². The summed E-state index contributed by atoms with van der Waals surface area (Å²) in [6, 6.07) is 0. The molecule has 1 atom stereocenters. The fourth-order valence-corrected chi connectivity index (χ4v) is 4.09. The van der Waals surface area contributed by atoms with E-state index in [0.29, 0.717) is 18.2 Å². The van der Waals surface area contributed by atoms with E-state index in [2.05, 4.69) is 38.2 Å². The Morgan fingerprint density at radius 3 is 2.80 bits per heavy atom. The molecule has 1 N–H and O–H groups in total. The molecule has 3 saturated heterocycles. The van der Waals surface area contributed by atoms with E-state index in [9.17, 15) is 4.79 Å². The van der Waals surface area contributed by atoms with E-state index in [4.69, 9.17) is 0 Å². The van der Waals surface area contributed by atoms with Crippen LogP contribution in [0.1, 0.15) is 37.2 Å². The number of aromatic nitrogens is 2. The van der Waals surface area contributed by atoms with E-state index < -0.39 is 0 Å². The largest absolute Gasteiger partial charge is 0.344 e. The molecule has 4 rings (SSSR count). The molecule has 3 aliphatic heterocycles. The van der Waals surface area contributed by atoms with Crippen molar-refractivity contribution in [3.63, 3.8) is 0 Å². The van der Waals surface area contributed by atoms with Gasteiger partial charge in [-0.3, -0.25) is 9.48 Å². The van der Waals surface area contributed by atoms with Crippen LogP contribution in [0.5, 0.6) is 0 Å². The molecule has 1 aromatic rings. The van der Waals surface area contributed by atoms with Crippen molar-refractivity contribution in [3.8, 4) is 0 Å². The standard InChI is InChI=1S/C14H21BrN4O/c1-3-19-12(11(15)8-16-19)13(20)17-14(2)9-18-6-4-10(14)5-7-18/h8,10H,3-7,9H2,1-2H3,(H,17,20). The fourth-order valence-electron chi connectivity index (χ4n) is 3.61. The van der Waals surface area contributed by atoms with Crippen LogP contribution in [-0.2, 0) is 6.54 Å². The third-order valence-corrected chi connectivity index (χ3v) is 5.33. The van der Waals surface area contributed by atoms with Crippen LogP contribution >= 0.6 is 15.9 Å². The Bertz CT molecular complexity index is 521. The first kappa shape index (κ1) is 14.1. The molecule has 1 amide bonds. The van der Waals surface area contributed by atoms with Crippen LogP contribution in [0.4, 0.5) is 0 Å². The van der Waals surface area contributed by atoms with E-state index >= 15 is 0 Å². The summed E-state index contributed by atoms with van der Waals surface area (Å²) in [6.07, 6.45) is 4.06. The number of rotatable bonds is 3. The van der Waals surface area contributed by atoms with Crippen molar-refractivity contribution in [3.05, 3.63) is 16.4 Å². The summed E-state index contributed by atoms with van der Waals surface area (Å²) in [5.74, 6) is 0.570. The van der Waals surface area contributed by atoms with Gasteiger partial charge in [-0.25, -0.2) is 0 Å². The molecule has 0 aliphatic carbocycles. The summed E-state index contributed by atoms with van der Waals surface area (Å²) in [7, 11) is 0. The maximum absolute atomic E-state index is 12.6. The molecule has 6 heteroatoms. The Labute approximate surface area is 127 Å². The smallest absolute Gasteiger partial charge is 0.271 e. The molecule has 5 nitrogen and oxygen atoms in total. The van der Waals surface area contributed by atoms with Gasteiger partial charge in [0, 0.05) is 13.1 Å². The van der Waals surface area contributed by atoms with Crippen molar-refractivity contribution in [2.45, 2.75) is 38.8 Å². The van der Waals surface area contributed by atoms with Gasteiger partial charge in [-0.2, -0.15) is 5.10 Å². The first-order chi connectivity index (χ1) is 9.53. The molecule has 20 heavy (non-hydrogen) atoms. The minimum Gasteiger partial charge on any atom is -0.344 e. The number of nitrogens with one attached hydrogen (secondary N) is 1. The highest BCUT2D eigenvalue weighted by Crippen LogP contribution is 2.35. The van der Waals surface area contributed by atoms with Crippen LogP contribution in [0.2, 0.25) is 0 Å². The summed E-state index contributed by atoms with van der Waals surface area (Å²) in [6.45, 7) is 8.18. The van der Waals surface area contributed by atoms with Crippen LogP contribution in [0.15, 0.2) is 10.7 Å². The van der Waals surface area contributed by atoms with E-state index in [1.54, 1.807) is 10.9 Å². The lowest BCUT2D eigenvalue weighted by Gasteiger charge is -2.51. The maximum atomic E-state index is 12.6. The van der Waals surface area contributed by atoms with E-state index in [-0.39, 0.29) is 11.4 Å². The predicted molar refractivity (Wildman–Crippen MR) is 80.6 cm³/mol. The van der Waals surface area contributed by atoms with Gasteiger partial charge < -0.3 is 10.2 Å². The lowest BCUT2D eigenvalue weighted by Crippen LogP contribution is -2.65. The molecule has 4 heterocycles. The van der Waals surface area contributed by atoms with Crippen LogP contribution < -0.4 is 5.32 Å². The Balaban J connectivity index is 1.80. The molecule has 3 fully saturated rings. The van der Waals surface area contributed by atoms with Gasteiger partial charge in [0.1, 0.15) is 5.69 Å². The van der Waals surface area contributed by atoms with Gasteiger partial charge in [0.05, 0.1) is 16.2 Å². The highest BCUT2D eigenvalue weighted by Gasteiger charge is 2.44. The summed E-state index contributed by atoms with van der Waals surface area (Å²) < 4.78 is 2.51.